The second-order valence-corrected chi connectivity index (χ2v) is 24.9. The Labute approximate surface area is 588 Å². The van der Waals surface area contributed by atoms with Gasteiger partial charge in [0.25, 0.3) is 17.7 Å². The van der Waals surface area contributed by atoms with Gasteiger partial charge in [0.15, 0.2) is 29.2 Å². The molecule has 101 heavy (non-hydrogen) atoms. The fourth-order valence-electron chi connectivity index (χ4n) is 11.5. The van der Waals surface area contributed by atoms with Gasteiger partial charge in [0.2, 0.25) is 23.6 Å². The largest absolute Gasteiger partial charge is 0.493 e. The summed E-state index contributed by atoms with van der Waals surface area (Å²) >= 11 is 0. The number of fused-ring (bicyclic) bond motifs is 4. The van der Waals surface area contributed by atoms with Crippen LogP contribution in [-0.2, 0) is 66.7 Å². The third-order valence-electron chi connectivity index (χ3n) is 17.2. The van der Waals surface area contributed by atoms with Crippen molar-refractivity contribution in [1.82, 2.24) is 30.7 Å². The van der Waals surface area contributed by atoms with E-state index in [0.29, 0.717) is 176 Å². The number of nitrogens with one attached hydrogen (secondary N) is 4. The van der Waals surface area contributed by atoms with Crippen molar-refractivity contribution in [2.75, 3.05) is 152 Å². The molecule has 6 aliphatic rings. The zero-order chi connectivity index (χ0) is 71.5. The Kier molecular flexibility index (Phi) is 30.0. The summed E-state index contributed by atoms with van der Waals surface area (Å²) < 4.78 is 67.8. The van der Waals surface area contributed by atoms with E-state index in [2.05, 4.69) is 27.5 Å². The number of amides is 7. The smallest absolute Gasteiger partial charge is 0.260 e. The molecule has 29 nitrogen and oxygen atoms in total. The normalized spacial score (nSPS) is 17.9. The van der Waals surface area contributed by atoms with Crippen LogP contribution in [0.3, 0.4) is 0 Å². The molecule has 29 heteroatoms. The Hall–Kier alpha value is -8.65. The highest BCUT2D eigenvalue weighted by Gasteiger charge is 2.39. The summed E-state index contributed by atoms with van der Waals surface area (Å²) in [5.74, 6) is -0.537. The highest BCUT2D eigenvalue weighted by atomic mass is 16.6. The van der Waals surface area contributed by atoms with Crippen molar-refractivity contribution in [2.24, 2.45) is 21.8 Å². The van der Waals surface area contributed by atoms with Crippen LogP contribution in [0.25, 0.3) is 5.57 Å². The predicted molar refractivity (Wildman–Crippen MR) is 371 cm³/mol. The van der Waals surface area contributed by atoms with E-state index in [-0.39, 0.29) is 74.9 Å². The number of hydrogen-bond donors (Lipinski definition) is 5. The Bertz CT molecular complexity index is 3450. The third-order valence-corrected chi connectivity index (χ3v) is 17.2. The van der Waals surface area contributed by atoms with Crippen LogP contribution in [0.15, 0.2) is 88.6 Å². The van der Waals surface area contributed by atoms with Crippen LogP contribution < -0.4 is 40.2 Å². The van der Waals surface area contributed by atoms with E-state index >= 15 is 0 Å². The maximum absolute atomic E-state index is 14.2. The molecule has 3 aromatic rings. The summed E-state index contributed by atoms with van der Waals surface area (Å²) in [7, 11) is 3.08. The lowest BCUT2D eigenvalue weighted by Gasteiger charge is -2.27. The van der Waals surface area contributed by atoms with Crippen LogP contribution in [0.4, 0.5) is 17.1 Å². The lowest BCUT2D eigenvalue weighted by atomic mass is 10.0. The Morgan fingerprint density at radius 1 is 0.584 bits per heavy atom. The van der Waals surface area contributed by atoms with E-state index in [1.165, 1.54) is 37.7 Å². The van der Waals surface area contributed by atoms with Crippen molar-refractivity contribution >= 4 is 76.4 Å². The molecule has 1 unspecified atom stereocenters. The molecule has 1 aliphatic carbocycles. The first kappa shape index (κ1) is 76.5. The average Bonchev–Trinajstić information content (AvgIpc) is 1.65. The summed E-state index contributed by atoms with van der Waals surface area (Å²) in [4.78, 5) is 103. The van der Waals surface area contributed by atoms with Gasteiger partial charge in [-0.1, -0.05) is 26.0 Å². The fraction of sp³-hybridized carbons (Fsp3) is 0.542. The standard InChI is InChI=1S/C72H95N9O20/c1-47(2)68(78-65(83)16-21-92-23-25-94-27-29-96-31-33-98-35-36-99-34-32-97-30-28-95-26-24-93-22-17-73-64(82)15-18-79-66(84)13-14-67(79)85)70(87)76-48(3)69(86)77-53-11-9-50(10-12-53)52-38-55-44-75-59-42-63(61(91-5)40-57(59)72(89)81(55)46-52)101-20-6-19-100-62-41-58-56(39-60(62)90-4)71(88)80-45-51(49-7-8-49)37-54(80)43-74-58/h9-14,39-49,54-55,68,71,88H,6-8,15-38H2,1-5H3,(H,73,82)(H,76,87)(H,77,86)(H,78,83)/t48-,54-,55-,68-,71?/m0/s1. The van der Waals surface area contributed by atoms with Crippen molar-refractivity contribution < 1.29 is 95.5 Å². The molecule has 0 spiro atoms. The molecule has 5 atom stereocenters. The first-order valence-corrected chi connectivity index (χ1v) is 34.5. The van der Waals surface area contributed by atoms with Gasteiger partial charge in [-0.15, -0.1) is 0 Å². The van der Waals surface area contributed by atoms with Gasteiger partial charge >= 0.3 is 0 Å². The van der Waals surface area contributed by atoms with Gasteiger partial charge in [0.1, 0.15) is 12.1 Å². The van der Waals surface area contributed by atoms with Crippen LogP contribution in [0.2, 0.25) is 0 Å². The van der Waals surface area contributed by atoms with Gasteiger partial charge in [-0.25, -0.2) is 0 Å². The van der Waals surface area contributed by atoms with Crippen LogP contribution in [0, 0.1) is 11.8 Å². The predicted octanol–water partition coefficient (Wildman–Crippen LogP) is 5.14. The highest BCUT2D eigenvalue weighted by molar-refractivity contribution is 6.13. The van der Waals surface area contributed by atoms with Gasteiger partial charge in [0, 0.05) is 99.1 Å². The molecule has 5 aliphatic heterocycles. The number of rotatable bonds is 46. The van der Waals surface area contributed by atoms with Crippen LogP contribution in [-0.4, -0.2) is 244 Å². The molecule has 1 fully saturated rings. The van der Waals surface area contributed by atoms with E-state index in [0.717, 1.165) is 22.5 Å². The van der Waals surface area contributed by atoms with E-state index in [1.54, 1.807) is 75.4 Å². The van der Waals surface area contributed by atoms with Crippen molar-refractivity contribution in [3.63, 3.8) is 0 Å². The number of anilines is 1. The summed E-state index contributed by atoms with van der Waals surface area (Å²) in [6, 6.07) is 12.0. The average molecular weight is 1410 g/mol. The summed E-state index contributed by atoms with van der Waals surface area (Å²) in [5, 5.41) is 22.4. The van der Waals surface area contributed by atoms with Crippen molar-refractivity contribution in [2.45, 2.75) is 96.1 Å². The molecule has 7 amide bonds. The number of aliphatic imine (C=N–C) groups is 2. The molecule has 0 saturated heterocycles. The highest BCUT2D eigenvalue weighted by Crippen LogP contribution is 2.47. The molecule has 0 bridgehead atoms. The van der Waals surface area contributed by atoms with Gasteiger partial charge in [-0.3, -0.25) is 48.4 Å². The number of methoxy groups -OCH3 is 2. The van der Waals surface area contributed by atoms with Crippen LogP contribution in [0.5, 0.6) is 23.0 Å². The van der Waals surface area contributed by atoms with Gasteiger partial charge in [0.05, 0.1) is 162 Å². The second-order valence-electron chi connectivity index (χ2n) is 24.9. The van der Waals surface area contributed by atoms with Gasteiger partial charge < -0.3 is 93.0 Å². The number of aliphatic hydroxyl groups excluding tert-OH is 1. The first-order chi connectivity index (χ1) is 49.1. The maximum atomic E-state index is 14.2. The summed E-state index contributed by atoms with van der Waals surface area (Å²) in [6.45, 7) is 11.7. The van der Waals surface area contributed by atoms with Crippen LogP contribution in [0.1, 0.15) is 93.4 Å². The molecular weight excluding hydrogens is 1310 g/mol. The van der Waals surface area contributed by atoms with Gasteiger partial charge in [-0.05, 0) is 79.0 Å². The zero-order valence-electron chi connectivity index (χ0n) is 58.2. The number of imide groups is 1. The van der Waals surface area contributed by atoms with E-state index in [9.17, 15) is 38.7 Å². The molecule has 5 N–H and O–H groups in total. The number of hydrogen-bond acceptors (Lipinski definition) is 23. The number of ether oxygens (including phenoxy) is 12. The first-order valence-electron chi connectivity index (χ1n) is 34.5. The van der Waals surface area contributed by atoms with Gasteiger partial charge in [-0.2, -0.15) is 0 Å². The molecule has 0 aromatic heterocycles. The number of carbonyl (C=O) groups excluding carboxylic acids is 7. The van der Waals surface area contributed by atoms with Crippen LogP contribution >= 0.6 is 0 Å². The minimum Gasteiger partial charge on any atom is -0.493 e. The van der Waals surface area contributed by atoms with E-state index in [4.69, 9.17) is 66.8 Å². The number of nitrogens with zero attached hydrogens (tertiary/aromatic N) is 5. The Morgan fingerprint density at radius 3 is 1.70 bits per heavy atom. The molecule has 1 saturated carbocycles. The van der Waals surface area contributed by atoms with Crippen molar-refractivity contribution in [3.05, 3.63) is 95.3 Å². The SMILES string of the molecule is COc1cc2c(cc1OCCCOc1cc3c(cc1OC)C(O)N1C=C(C4CC4)C[C@H]1C=N3)N=C[C@@H]1CC(c3ccc(NC(=O)[C@H](C)NC(=O)[C@@H](NC(=O)CCOCCOCCOCCOCCOCCOCCOCCOCCNC(=O)CCN4C(=O)C=CC4=O)C(C)C)cc3)=CN1C2=O. The minimum atomic E-state index is -0.936. The molecule has 548 valence electrons. The second kappa shape index (κ2) is 39.5. The topological polar surface area (TPSA) is 333 Å². The molecule has 5 heterocycles. The fourth-order valence-corrected chi connectivity index (χ4v) is 11.5. The molecule has 9 rings (SSSR count). The Balaban J connectivity index is 0.570. The summed E-state index contributed by atoms with van der Waals surface area (Å²) in [6.07, 6.45) is 13.4. The number of aliphatic hydroxyl groups is 1. The van der Waals surface area contributed by atoms with E-state index < -0.39 is 41.9 Å². The summed E-state index contributed by atoms with van der Waals surface area (Å²) in [5.41, 5.74) is 5.71. The Morgan fingerprint density at radius 2 is 1.13 bits per heavy atom. The van der Waals surface area contributed by atoms with Crippen molar-refractivity contribution in [1.29, 1.82) is 0 Å². The maximum Gasteiger partial charge on any atom is 0.260 e. The zero-order valence-corrected chi connectivity index (χ0v) is 58.2. The van der Waals surface area contributed by atoms with Crippen molar-refractivity contribution in [3.8, 4) is 23.0 Å². The lowest BCUT2D eigenvalue weighted by molar-refractivity contribution is -0.137. The number of benzene rings is 3. The number of carbonyl (C=O) groups is 7. The lowest BCUT2D eigenvalue weighted by Crippen LogP contribution is -2.53. The monoisotopic (exact) mass is 1410 g/mol. The van der Waals surface area contributed by atoms with E-state index in [1.807, 2.05) is 29.4 Å². The molecule has 0 radical (unpaired) electrons. The molecule has 3 aromatic carbocycles. The minimum absolute atomic E-state index is 0.00181. The quantitative estimate of drug-likeness (QED) is 0.0361. The molecular formula is C72H95N9O20. The third kappa shape index (κ3) is 22.9.